The molecule has 0 amide bonds. The quantitative estimate of drug-likeness (QED) is 0.419. The summed E-state index contributed by atoms with van der Waals surface area (Å²) in [5.41, 5.74) is 0. The van der Waals surface area contributed by atoms with Gasteiger partial charge in [0.25, 0.3) is 0 Å². The summed E-state index contributed by atoms with van der Waals surface area (Å²) in [5, 5.41) is 24.3. The van der Waals surface area contributed by atoms with Crippen molar-refractivity contribution in [3.63, 3.8) is 0 Å². The first-order chi connectivity index (χ1) is 12.8. The van der Waals surface area contributed by atoms with Gasteiger partial charge in [-0.15, -0.1) is 0 Å². The van der Waals surface area contributed by atoms with Crippen LogP contribution >= 0.6 is 20.2 Å². The number of nitrogens with zero attached hydrogens (tertiary/aromatic N) is 5. The second-order valence-corrected chi connectivity index (χ2v) is 9.01. The Hall–Kier alpha value is 0.899. The van der Waals surface area contributed by atoms with E-state index in [1.165, 1.54) is 51.4 Å². The molecule has 1 heterocycles. The average molecular weight is 445 g/mol. The Kier molecular flexibility index (Phi) is 13.2. The summed E-state index contributed by atoms with van der Waals surface area (Å²) in [4.78, 5) is 0. The van der Waals surface area contributed by atoms with E-state index in [1.54, 1.807) is 0 Å². The summed E-state index contributed by atoms with van der Waals surface area (Å²) in [6, 6.07) is 1.76. The van der Waals surface area contributed by atoms with Crippen LogP contribution in [-0.2, 0) is 13.1 Å². The molecular weight excluding hydrogens is 413 g/mol. The molecule has 26 heavy (non-hydrogen) atoms. The zero-order valence-electron chi connectivity index (χ0n) is 15.6. The molecule has 0 aromatic carbocycles. The molecule has 1 saturated heterocycles. The second-order valence-electron chi connectivity index (χ2n) is 7.18. The number of hydrogen-bond donors (Lipinski definition) is 0. The number of fused-ring (bicyclic) bond motifs is 2. The molecule has 0 spiro atoms. The first-order valence-electron chi connectivity index (χ1n) is 10.00. The van der Waals surface area contributed by atoms with Crippen molar-refractivity contribution in [3.05, 3.63) is 26.6 Å². The normalized spacial score (nSPS) is 35.0. The number of rotatable bonds is 0. The van der Waals surface area contributed by atoms with E-state index in [0.717, 1.165) is 39.3 Å². The Morgan fingerprint density at radius 2 is 0.769 bits per heavy atom. The Morgan fingerprint density at radius 1 is 0.500 bits per heavy atom. The van der Waals surface area contributed by atoms with E-state index in [2.05, 4.69) is 5.32 Å². The number of halogens is 2. The summed E-state index contributed by atoms with van der Waals surface area (Å²) in [6.07, 6.45) is 10.1. The zero-order chi connectivity index (χ0) is 18.5. The predicted octanol–water partition coefficient (Wildman–Crippen LogP) is 5.87. The Balaban J connectivity index is 0.000000758. The summed E-state index contributed by atoms with van der Waals surface area (Å²) in [5.74, 6) is 0. The van der Waals surface area contributed by atoms with Gasteiger partial charge in [-0.2, -0.15) is 63.4 Å². The van der Waals surface area contributed by atoms with Crippen LogP contribution in [-0.4, -0.2) is 63.4 Å². The van der Waals surface area contributed by atoms with Gasteiger partial charge in [-0.25, -0.2) is 0 Å². The Morgan fingerprint density at radius 3 is 1.08 bits per heavy atom. The van der Waals surface area contributed by atoms with Crippen molar-refractivity contribution < 1.29 is 13.1 Å². The van der Waals surface area contributed by atoms with Crippen molar-refractivity contribution in [2.75, 3.05) is 39.3 Å². The first kappa shape index (κ1) is 23.2. The molecule has 0 aromatic rings. The molecule has 4 unspecified atom stereocenters. The minimum atomic E-state index is 0.194. The molecule has 2 aliphatic carbocycles. The molecule has 3 rings (SSSR count). The first-order valence-corrected chi connectivity index (χ1v) is 13.0. The summed E-state index contributed by atoms with van der Waals surface area (Å²) >= 11 is 0.194. The third-order valence-electron chi connectivity index (χ3n) is 5.46. The van der Waals surface area contributed by atoms with Crippen LogP contribution in [0.4, 0.5) is 0 Å². The molecule has 8 heteroatoms. The van der Waals surface area contributed by atoms with Gasteiger partial charge in [0.15, 0.2) is 0 Å². The molecule has 0 radical (unpaired) electrons. The van der Waals surface area contributed by atoms with Crippen LogP contribution in [0.15, 0.2) is 0 Å². The Labute approximate surface area is 174 Å². The number of hydrogen-bond acceptors (Lipinski definition) is 0. The van der Waals surface area contributed by atoms with Crippen LogP contribution in [0, 0.1) is 0 Å². The van der Waals surface area contributed by atoms with Crippen molar-refractivity contribution in [1.29, 1.82) is 0 Å². The van der Waals surface area contributed by atoms with Crippen LogP contribution in [0.2, 0.25) is 0 Å². The van der Waals surface area contributed by atoms with Crippen molar-refractivity contribution in [2.45, 2.75) is 75.5 Å². The van der Waals surface area contributed by atoms with E-state index in [0.29, 0.717) is 24.2 Å². The van der Waals surface area contributed by atoms with Gasteiger partial charge in [0.05, 0.1) is 0 Å². The van der Waals surface area contributed by atoms with E-state index >= 15 is 0 Å². The van der Waals surface area contributed by atoms with E-state index in [4.69, 9.17) is 41.5 Å². The van der Waals surface area contributed by atoms with Crippen LogP contribution < -0.4 is 0 Å². The SMILES string of the molecule is C1CCC2[N-]CC[N-]C3CCCCC3[N-]CC[N-]CC[N-]C2C1.[Cl][Fe][Cl]. The predicted molar refractivity (Wildman–Crippen MR) is 110 cm³/mol. The van der Waals surface area contributed by atoms with Gasteiger partial charge >= 0.3 is 33.3 Å². The van der Waals surface area contributed by atoms with Crippen molar-refractivity contribution >= 4 is 20.2 Å². The van der Waals surface area contributed by atoms with E-state index in [1.807, 2.05) is 0 Å². The molecule has 0 N–H and O–H groups in total. The fourth-order valence-electron chi connectivity index (χ4n) is 4.18. The van der Waals surface area contributed by atoms with Crippen LogP contribution in [0.25, 0.3) is 26.6 Å². The van der Waals surface area contributed by atoms with Gasteiger partial charge in [-0.3, -0.25) is 0 Å². The van der Waals surface area contributed by atoms with Gasteiger partial charge in [-0.05, 0) is 0 Å². The summed E-state index contributed by atoms with van der Waals surface area (Å²) in [6.45, 7) is 5.21. The standard InChI is InChI=1S/C18H32N5.2ClH.Fe/c1-3-7-17-15(5-1)20-11-9-19-10-12-21-16-6-2-4-8-18(16)23-14-13-22-17;;;/h15-18H,1-14H2;2*1H;/q-5;;;+2/p-2. The van der Waals surface area contributed by atoms with Gasteiger partial charge in [0.1, 0.15) is 0 Å². The molecule has 1 aliphatic heterocycles. The third-order valence-corrected chi connectivity index (χ3v) is 5.46. The molecule has 0 aromatic heterocycles. The van der Waals surface area contributed by atoms with Gasteiger partial charge in [0, 0.05) is 0 Å². The van der Waals surface area contributed by atoms with Gasteiger partial charge in [-0.1, -0.05) is 51.4 Å². The summed E-state index contributed by atoms with van der Waals surface area (Å²) < 4.78 is 0. The molecule has 3 fully saturated rings. The second kappa shape index (κ2) is 14.8. The molecule has 2 saturated carbocycles. The molecule has 4 atom stereocenters. The Bertz CT molecular complexity index is 324. The van der Waals surface area contributed by atoms with Crippen molar-refractivity contribution in [1.82, 2.24) is 0 Å². The van der Waals surface area contributed by atoms with Crippen LogP contribution in [0.1, 0.15) is 51.4 Å². The fourth-order valence-corrected chi connectivity index (χ4v) is 4.18. The molecule has 156 valence electrons. The van der Waals surface area contributed by atoms with Crippen molar-refractivity contribution in [2.24, 2.45) is 0 Å². The molecule has 5 nitrogen and oxygen atoms in total. The van der Waals surface area contributed by atoms with E-state index < -0.39 is 0 Å². The van der Waals surface area contributed by atoms with E-state index in [9.17, 15) is 0 Å². The summed E-state index contributed by atoms with van der Waals surface area (Å²) in [7, 11) is 9.53. The van der Waals surface area contributed by atoms with Gasteiger partial charge in [0.2, 0.25) is 0 Å². The van der Waals surface area contributed by atoms with Gasteiger partial charge < -0.3 is 26.6 Å². The molecular formula is C18H32Cl2FeN5-5. The average Bonchev–Trinajstić information content (AvgIpc) is 2.67. The maximum absolute atomic E-state index is 4.95. The fraction of sp³-hybridized carbons (Fsp3) is 1.00. The maximum atomic E-state index is 4.95. The van der Waals surface area contributed by atoms with Crippen LogP contribution in [0.3, 0.4) is 0 Å². The zero-order valence-corrected chi connectivity index (χ0v) is 18.2. The minimum absolute atomic E-state index is 0.194. The monoisotopic (exact) mass is 444 g/mol. The van der Waals surface area contributed by atoms with E-state index in [-0.39, 0.29) is 13.1 Å². The third kappa shape index (κ3) is 8.93. The van der Waals surface area contributed by atoms with Crippen LogP contribution in [0.5, 0.6) is 0 Å². The molecule has 3 aliphatic rings. The van der Waals surface area contributed by atoms with Crippen molar-refractivity contribution in [3.8, 4) is 0 Å². The topological polar surface area (TPSA) is 70.5 Å². The molecule has 0 bridgehead atoms.